The largest absolute Gasteiger partial charge is 0.350 e. The van der Waals surface area contributed by atoms with E-state index in [-0.39, 0.29) is 17.5 Å². The summed E-state index contributed by atoms with van der Waals surface area (Å²) >= 11 is 0. The number of hydrogen-bond acceptors (Lipinski definition) is 5. The molecule has 1 amide bonds. The number of rotatable bonds is 3. The van der Waals surface area contributed by atoms with Crippen molar-refractivity contribution in [2.45, 2.75) is 39.3 Å². The maximum atomic E-state index is 12.2. The van der Waals surface area contributed by atoms with Gasteiger partial charge in [-0.2, -0.15) is 0 Å². The minimum absolute atomic E-state index is 0.0897. The van der Waals surface area contributed by atoms with Gasteiger partial charge in [0.15, 0.2) is 0 Å². The second kappa shape index (κ2) is 6.39. The lowest BCUT2D eigenvalue weighted by atomic mass is 10.1. The van der Waals surface area contributed by atoms with E-state index < -0.39 is 0 Å². The average Bonchev–Trinajstić information content (AvgIpc) is 2.46. The molecule has 1 N–H and O–H groups in total. The summed E-state index contributed by atoms with van der Waals surface area (Å²) < 4.78 is 0. The standard InChI is InChI=1S/C15H25N5O/c1-12(13(21)18-15(2,3)4)19-8-10-20(11-9-19)14-16-6-5-7-17-14/h5-7,12H,8-11H2,1-4H3,(H,18,21). The molecule has 0 aliphatic carbocycles. The smallest absolute Gasteiger partial charge is 0.237 e. The molecule has 1 fully saturated rings. The van der Waals surface area contributed by atoms with Crippen molar-refractivity contribution < 1.29 is 4.79 Å². The lowest BCUT2D eigenvalue weighted by Gasteiger charge is -2.38. The van der Waals surface area contributed by atoms with Crippen molar-refractivity contribution >= 4 is 11.9 Å². The topological polar surface area (TPSA) is 61.4 Å². The second-order valence-corrected chi connectivity index (χ2v) is 6.49. The number of amides is 1. The van der Waals surface area contributed by atoms with Crippen molar-refractivity contribution in [1.82, 2.24) is 20.2 Å². The highest BCUT2D eigenvalue weighted by Crippen LogP contribution is 2.12. The molecular weight excluding hydrogens is 266 g/mol. The van der Waals surface area contributed by atoms with Crippen molar-refractivity contribution in [2.75, 3.05) is 31.1 Å². The second-order valence-electron chi connectivity index (χ2n) is 6.49. The molecule has 1 aliphatic rings. The van der Waals surface area contributed by atoms with Gasteiger partial charge in [-0.15, -0.1) is 0 Å². The molecule has 6 heteroatoms. The normalized spacial score (nSPS) is 18.4. The van der Waals surface area contributed by atoms with Crippen LogP contribution in [0.5, 0.6) is 0 Å². The first-order chi connectivity index (χ1) is 9.87. The fourth-order valence-corrected chi connectivity index (χ4v) is 2.40. The minimum Gasteiger partial charge on any atom is -0.350 e. The molecule has 1 atom stereocenters. The molecule has 116 valence electrons. The Hall–Kier alpha value is -1.69. The van der Waals surface area contributed by atoms with Gasteiger partial charge >= 0.3 is 0 Å². The quantitative estimate of drug-likeness (QED) is 0.896. The van der Waals surface area contributed by atoms with Gasteiger partial charge in [0, 0.05) is 44.1 Å². The summed E-state index contributed by atoms with van der Waals surface area (Å²) in [5, 5.41) is 3.04. The van der Waals surface area contributed by atoms with Crippen LogP contribution in [0.3, 0.4) is 0 Å². The van der Waals surface area contributed by atoms with Crippen LogP contribution >= 0.6 is 0 Å². The van der Waals surface area contributed by atoms with E-state index in [1.807, 2.05) is 33.8 Å². The number of carbonyl (C=O) groups excluding carboxylic acids is 1. The van der Waals surface area contributed by atoms with Crippen molar-refractivity contribution in [3.05, 3.63) is 18.5 Å². The van der Waals surface area contributed by atoms with Crippen molar-refractivity contribution in [3.8, 4) is 0 Å². The maximum absolute atomic E-state index is 12.2. The molecule has 0 radical (unpaired) electrons. The number of piperazine rings is 1. The Morgan fingerprint density at radius 3 is 2.29 bits per heavy atom. The molecule has 0 saturated carbocycles. The molecule has 21 heavy (non-hydrogen) atoms. The van der Waals surface area contributed by atoms with Gasteiger partial charge in [-0.05, 0) is 33.8 Å². The third-order valence-electron chi connectivity index (χ3n) is 3.57. The highest BCUT2D eigenvalue weighted by molar-refractivity contribution is 5.82. The predicted octanol–water partition coefficient (Wildman–Crippen LogP) is 0.902. The maximum Gasteiger partial charge on any atom is 0.237 e. The summed E-state index contributed by atoms with van der Waals surface area (Å²) in [6, 6.07) is 1.71. The summed E-state index contributed by atoms with van der Waals surface area (Å²) in [7, 11) is 0. The Labute approximate surface area is 126 Å². The van der Waals surface area contributed by atoms with E-state index in [9.17, 15) is 4.79 Å². The summed E-state index contributed by atoms with van der Waals surface area (Å²) in [5.41, 5.74) is -0.189. The molecule has 0 aromatic carbocycles. The summed E-state index contributed by atoms with van der Waals surface area (Å²) in [5.74, 6) is 0.857. The number of nitrogens with one attached hydrogen (secondary N) is 1. The lowest BCUT2D eigenvalue weighted by Crippen LogP contribution is -2.56. The molecular formula is C15H25N5O. The van der Waals surface area contributed by atoms with Gasteiger partial charge in [0.05, 0.1) is 6.04 Å². The van der Waals surface area contributed by atoms with Gasteiger partial charge < -0.3 is 10.2 Å². The molecule has 0 bridgehead atoms. The van der Waals surface area contributed by atoms with Crippen LogP contribution in [0.25, 0.3) is 0 Å². The van der Waals surface area contributed by atoms with Crippen LogP contribution in [-0.4, -0.2) is 58.5 Å². The van der Waals surface area contributed by atoms with E-state index in [0.717, 1.165) is 32.1 Å². The summed E-state index contributed by atoms with van der Waals surface area (Å²) in [6.45, 7) is 11.4. The minimum atomic E-state index is -0.189. The molecule has 1 aliphatic heterocycles. The zero-order valence-electron chi connectivity index (χ0n) is 13.3. The first kappa shape index (κ1) is 15.7. The molecule has 2 heterocycles. The Morgan fingerprint density at radius 2 is 1.76 bits per heavy atom. The van der Waals surface area contributed by atoms with Crippen molar-refractivity contribution in [3.63, 3.8) is 0 Å². The van der Waals surface area contributed by atoms with Gasteiger partial charge in [0.25, 0.3) is 0 Å². The third kappa shape index (κ3) is 4.39. The van der Waals surface area contributed by atoms with E-state index in [1.165, 1.54) is 0 Å². The average molecular weight is 291 g/mol. The van der Waals surface area contributed by atoms with Gasteiger partial charge in [0.2, 0.25) is 11.9 Å². The number of nitrogens with zero attached hydrogens (tertiary/aromatic N) is 4. The summed E-state index contributed by atoms with van der Waals surface area (Å²) in [6.07, 6.45) is 3.52. The van der Waals surface area contributed by atoms with Crippen molar-refractivity contribution in [1.29, 1.82) is 0 Å². The highest BCUT2D eigenvalue weighted by atomic mass is 16.2. The Bertz CT molecular complexity index is 463. The molecule has 6 nitrogen and oxygen atoms in total. The van der Waals surface area contributed by atoms with Crippen LogP contribution in [0.1, 0.15) is 27.7 Å². The van der Waals surface area contributed by atoms with Crippen LogP contribution in [0.2, 0.25) is 0 Å². The molecule has 1 aromatic rings. The van der Waals surface area contributed by atoms with E-state index in [1.54, 1.807) is 12.4 Å². The van der Waals surface area contributed by atoms with E-state index in [4.69, 9.17) is 0 Å². The third-order valence-corrected chi connectivity index (χ3v) is 3.57. The van der Waals surface area contributed by atoms with Crippen LogP contribution in [0, 0.1) is 0 Å². The van der Waals surface area contributed by atoms with Gasteiger partial charge in [-0.1, -0.05) is 0 Å². The van der Waals surface area contributed by atoms with E-state index in [2.05, 4.69) is 25.1 Å². The fraction of sp³-hybridized carbons (Fsp3) is 0.667. The van der Waals surface area contributed by atoms with Gasteiger partial charge in [0.1, 0.15) is 0 Å². The number of aromatic nitrogens is 2. The van der Waals surface area contributed by atoms with Crippen LogP contribution < -0.4 is 10.2 Å². The van der Waals surface area contributed by atoms with Crippen molar-refractivity contribution in [2.24, 2.45) is 0 Å². The highest BCUT2D eigenvalue weighted by Gasteiger charge is 2.28. The van der Waals surface area contributed by atoms with E-state index >= 15 is 0 Å². The molecule has 1 unspecified atom stereocenters. The fourth-order valence-electron chi connectivity index (χ4n) is 2.40. The Morgan fingerprint density at radius 1 is 1.19 bits per heavy atom. The first-order valence-corrected chi connectivity index (χ1v) is 7.45. The zero-order valence-corrected chi connectivity index (χ0v) is 13.3. The zero-order chi connectivity index (χ0) is 15.5. The van der Waals surface area contributed by atoms with Gasteiger partial charge in [-0.3, -0.25) is 9.69 Å². The van der Waals surface area contributed by atoms with Gasteiger partial charge in [-0.25, -0.2) is 9.97 Å². The van der Waals surface area contributed by atoms with E-state index in [0.29, 0.717) is 0 Å². The Balaban J connectivity index is 1.87. The SMILES string of the molecule is CC(C(=O)NC(C)(C)C)N1CCN(c2ncccn2)CC1. The molecule has 2 rings (SSSR count). The van der Waals surface area contributed by atoms with Crippen LogP contribution in [-0.2, 0) is 4.79 Å². The molecule has 1 aromatic heterocycles. The predicted molar refractivity (Wildman–Crippen MR) is 83.2 cm³/mol. The number of hydrogen-bond donors (Lipinski definition) is 1. The monoisotopic (exact) mass is 291 g/mol. The number of anilines is 1. The lowest BCUT2D eigenvalue weighted by molar-refractivity contribution is -0.127. The van der Waals surface area contributed by atoms with Crippen LogP contribution in [0.4, 0.5) is 5.95 Å². The molecule has 1 saturated heterocycles. The summed E-state index contributed by atoms with van der Waals surface area (Å²) in [4.78, 5) is 25.1. The first-order valence-electron chi connectivity index (χ1n) is 7.45. The molecule has 0 spiro atoms. The van der Waals surface area contributed by atoms with Crippen LogP contribution in [0.15, 0.2) is 18.5 Å². The Kier molecular flexibility index (Phi) is 4.77. The number of carbonyl (C=O) groups is 1.